The molecule has 0 fully saturated rings. The van der Waals surface area contributed by atoms with Gasteiger partial charge < -0.3 is 10.2 Å². The van der Waals surface area contributed by atoms with Crippen molar-refractivity contribution in [2.75, 3.05) is 31.3 Å². The number of thioether (sulfide) groups is 1. The Morgan fingerprint density at radius 2 is 1.97 bits per heavy atom. The van der Waals surface area contributed by atoms with Gasteiger partial charge in [0.1, 0.15) is 0 Å². The first-order valence-corrected chi connectivity index (χ1v) is 13.2. The highest BCUT2D eigenvalue weighted by Gasteiger charge is 2.33. The molecule has 12 heteroatoms. The number of nitrogens with one attached hydrogen (secondary N) is 1. The number of nitrogens with zero attached hydrogens (tertiary/aromatic N) is 3. The third-order valence-corrected chi connectivity index (χ3v) is 9.13. The van der Waals surface area contributed by atoms with Crippen molar-refractivity contribution in [1.29, 1.82) is 0 Å². The van der Waals surface area contributed by atoms with Crippen molar-refractivity contribution >= 4 is 48.6 Å². The maximum Gasteiger partial charge on any atom is 0.257 e. The normalized spacial score (nSPS) is 17.1. The Labute approximate surface area is 185 Å². The zero-order chi connectivity index (χ0) is 22.4. The summed E-state index contributed by atoms with van der Waals surface area (Å²) in [4.78, 5) is 15.4. The zero-order valence-electron chi connectivity index (χ0n) is 16.8. The number of fused-ring (bicyclic) bond motifs is 3. The van der Waals surface area contributed by atoms with Gasteiger partial charge in [-0.3, -0.25) is 4.79 Å². The molecule has 2 aliphatic rings. The summed E-state index contributed by atoms with van der Waals surface area (Å²) >= 11 is 1.21. The monoisotopic (exact) mass is 480 g/mol. The Morgan fingerprint density at radius 3 is 2.71 bits per heavy atom. The number of rotatable bonds is 5. The van der Waals surface area contributed by atoms with E-state index in [-0.39, 0.29) is 23.1 Å². The number of anilines is 1. The molecule has 0 aliphatic carbocycles. The van der Waals surface area contributed by atoms with E-state index in [1.165, 1.54) is 31.9 Å². The third-order valence-electron chi connectivity index (χ3n) is 4.91. The number of benzene rings is 2. The van der Waals surface area contributed by atoms with Gasteiger partial charge in [-0.1, -0.05) is 18.2 Å². The van der Waals surface area contributed by atoms with Gasteiger partial charge in [0.25, 0.3) is 15.9 Å². The van der Waals surface area contributed by atoms with Crippen molar-refractivity contribution in [3.8, 4) is 0 Å². The smallest absolute Gasteiger partial charge is 0.257 e. The molecule has 0 aromatic heterocycles. The van der Waals surface area contributed by atoms with Crippen LogP contribution in [-0.2, 0) is 26.6 Å². The second-order valence-electron chi connectivity index (χ2n) is 7.17. The molecule has 164 valence electrons. The lowest BCUT2D eigenvalue weighted by Gasteiger charge is -2.22. The Morgan fingerprint density at radius 1 is 1.23 bits per heavy atom. The molecule has 1 amide bonds. The van der Waals surface area contributed by atoms with Crippen LogP contribution in [0, 0.1) is 0 Å². The van der Waals surface area contributed by atoms with E-state index in [2.05, 4.69) is 9.71 Å². The summed E-state index contributed by atoms with van der Waals surface area (Å²) in [5.74, 6) is -0.409. The molecule has 31 heavy (non-hydrogen) atoms. The molecule has 2 aromatic carbocycles. The fourth-order valence-electron chi connectivity index (χ4n) is 3.25. The fraction of sp³-hybridized carbons (Fsp3) is 0.263. The van der Waals surface area contributed by atoms with E-state index in [0.717, 1.165) is 14.9 Å². The lowest BCUT2D eigenvalue weighted by Crippen LogP contribution is -2.35. The highest BCUT2D eigenvalue weighted by Crippen LogP contribution is 2.42. The van der Waals surface area contributed by atoms with Gasteiger partial charge in [-0.05, 0) is 41.6 Å². The van der Waals surface area contributed by atoms with Crippen LogP contribution >= 0.6 is 11.8 Å². The van der Waals surface area contributed by atoms with Crippen molar-refractivity contribution in [3.05, 3.63) is 53.6 Å². The van der Waals surface area contributed by atoms with Crippen LogP contribution in [0.1, 0.15) is 15.9 Å². The summed E-state index contributed by atoms with van der Waals surface area (Å²) in [6.07, 6.45) is 0. The van der Waals surface area contributed by atoms with Gasteiger partial charge >= 0.3 is 0 Å². The van der Waals surface area contributed by atoms with Gasteiger partial charge in [0.2, 0.25) is 10.0 Å². The van der Waals surface area contributed by atoms with Gasteiger partial charge in [0.05, 0.1) is 16.3 Å². The lowest BCUT2D eigenvalue weighted by molar-refractivity contribution is 0.0950. The highest BCUT2D eigenvalue weighted by molar-refractivity contribution is 8.15. The Kier molecular flexibility index (Phi) is 5.58. The van der Waals surface area contributed by atoms with Crippen LogP contribution in [0.25, 0.3) is 0 Å². The van der Waals surface area contributed by atoms with E-state index in [1.807, 2.05) is 4.90 Å². The SMILES string of the molecule is CN(C)S(=O)(=O)c1ccccc1CNC(=O)c1ccc2c(c1)SC1=NS(=O)(=O)CCN12. The summed E-state index contributed by atoms with van der Waals surface area (Å²) < 4.78 is 53.4. The van der Waals surface area contributed by atoms with E-state index in [9.17, 15) is 21.6 Å². The molecule has 0 atom stereocenters. The van der Waals surface area contributed by atoms with Crippen molar-refractivity contribution < 1.29 is 21.6 Å². The molecule has 2 heterocycles. The van der Waals surface area contributed by atoms with Crippen LogP contribution in [0.2, 0.25) is 0 Å². The fourth-order valence-corrected chi connectivity index (χ4v) is 6.66. The first kappa shape index (κ1) is 21.8. The number of carbonyl (C=O) groups is 1. The Bertz CT molecular complexity index is 1300. The van der Waals surface area contributed by atoms with Crippen molar-refractivity contribution in [2.24, 2.45) is 4.40 Å². The topological polar surface area (TPSA) is 116 Å². The van der Waals surface area contributed by atoms with Gasteiger partial charge in [0, 0.05) is 37.6 Å². The largest absolute Gasteiger partial charge is 0.348 e. The quantitative estimate of drug-likeness (QED) is 0.689. The van der Waals surface area contributed by atoms with Crippen LogP contribution in [0.4, 0.5) is 5.69 Å². The van der Waals surface area contributed by atoms with E-state index < -0.39 is 20.0 Å². The number of amidine groups is 1. The minimum Gasteiger partial charge on any atom is -0.348 e. The maximum atomic E-state index is 12.7. The summed E-state index contributed by atoms with van der Waals surface area (Å²) in [5, 5.41) is 3.15. The third kappa shape index (κ3) is 4.20. The van der Waals surface area contributed by atoms with Crippen molar-refractivity contribution in [3.63, 3.8) is 0 Å². The molecule has 0 saturated heterocycles. The molecule has 0 saturated carbocycles. The van der Waals surface area contributed by atoms with Crippen molar-refractivity contribution in [1.82, 2.24) is 9.62 Å². The van der Waals surface area contributed by atoms with Crippen LogP contribution < -0.4 is 10.2 Å². The minimum atomic E-state index is -3.64. The highest BCUT2D eigenvalue weighted by atomic mass is 32.2. The molecule has 4 rings (SSSR count). The van der Waals surface area contributed by atoms with Crippen molar-refractivity contribution in [2.45, 2.75) is 16.3 Å². The number of carbonyl (C=O) groups excluding carboxylic acids is 1. The van der Waals surface area contributed by atoms with E-state index in [1.54, 1.807) is 36.4 Å². The predicted octanol–water partition coefficient (Wildman–Crippen LogP) is 1.48. The van der Waals surface area contributed by atoms with Gasteiger partial charge in [-0.25, -0.2) is 21.1 Å². The second kappa shape index (κ2) is 7.93. The molecule has 1 N–H and O–H groups in total. The number of amides is 1. The second-order valence-corrected chi connectivity index (χ2v) is 12.1. The molecule has 0 bridgehead atoms. The molecule has 9 nitrogen and oxygen atoms in total. The maximum absolute atomic E-state index is 12.7. The Hall–Kier alpha value is -2.41. The number of hydrogen-bond acceptors (Lipinski definition) is 7. The first-order chi connectivity index (χ1) is 14.6. The van der Waals surface area contributed by atoms with Gasteiger partial charge in [0.15, 0.2) is 5.17 Å². The summed E-state index contributed by atoms with van der Waals surface area (Å²) in [6.45, 7) is 0.368. The van der Waals surface area contributed by atoms with E-state index in [0.29, 0.717) is 22.8 Å². The van der Waals surface area contributed by atoms with Crippen LogP contribution in [0.5, 0.6) is 0 Å². The molecule has 0 spiro atoms. The van der Waals surface area contributed by atoms with Gasteiger partial charge in [-0.2, -0.15) is 0 Å². The standard InChI is InChI=1S/C19H20N4O5S3/c1-22(2)31(27,28)17-6-4-3-5-14(17)12-20-18(24)13-7-8-15-16(11-13)29-19-21-30(25,26)10-9-23(15)19/h3-8,11H,9-10,12H2,1-2H3,(H,20,24). The molecule has 2 aliphatic heterocycles. The predicted molar refractivity (Wildman–Crippen MR) is 119 cm³/mol. The number of hydrogen-bond donors (Lipinski definition) is 1. The molecule has 2 aromatic rings. The Balaban J connectivity index is 1.53. The first-order valence-electron chi connectivity index (χ1n) is 9.29. The summed E-state index contributed by atoms with van der Waals surface area (Å²) in [5.41, 5.74) is 1.69. The molecule has 0 unspecified atom stereocenters. The van der Waals surface area contributed by atoms with Crippen LogP contribution in [-0.4, -0.2) is 58.6 Å². The average molecular weight is 481 g/mol. The summed E-state index contributed by atoms with van der Waals surface area (Å²) in [7, 11) is -4.18. The van der Waals surface area contributed by atoms with Crippen LogP contribution in [0.3, 0.4) is 0 Å². The molecular weight excluding hydrogens is 460 g/mol. The zero-order valence-corrected chi connectivity index (χ0v) is 19.2. The summed E-state index contributed by atoms with van der Waals surface area (Å²) in [6, 6.07) is 11.6. The minimum absolute atomic E-state index is 0.0450. The van der Waals surface area contributed by atoms with Gasteiger partial charge in [-0.15, -0.1) is 4.40 Å². The lowest BCUT2D eigenvalue weighted by atomic mass is 10.1. The van der Waals surface area contributed by atoms with E-state index in [4.69, 9.17) is 0 Å². The average Bonchev–Trinajstić information content (AvgIpc) is 3.07. The van der Waals surface area contributed by atoms with E-state index >= 15 is 0 Å². The molecular formula is C19H20N4O5S3. The van der Waals surface area contributed by atoms with Crippen LogP contribution in [0.15, 0.2) is 56.7 Å². The number of sulfonamides is 2. The molecule has 0 radical (unpaired) electrons.